The first-order valence-electron chi connectivity index (χ1n) is 20.3. The lowest BCUT2D eigenvalue weighted by Crippen LogP contribution is -2.31. The third kappa shape index (κ3) is 7.70. The lowest BCUT2D eigenvalue weighted by molar-refractivity contribution is 0.0980. The van der Waals surface area contributed by atoms with Gasteiger partial charge in [0.25, 0.3) is 0 Å². The summed E-state index contributed by atoms with van der Waals surface area (Å²) in [6.45, 7) is 11.8. The minimum absolute atomic E-state index is 0.110. The van der Waals surface area contributed by atoms with E-state index >= 15 is 0 Å². The van der Waals surface area contributed by atoms with Crippen molar-refractivity contribution in [1.82, 2.24) is 19.6 Å². The van der Waals surface area contributed by atoms with Crippen LogP contribution in [0.3, 0.4) is 0 Å². The van der Waals surface area contributed by atoms with E-state index in [1.807, 2.05) is 24.3 Å². The first-order chi connectivity index (χ1) is 27.9. The molecule has 4 aromatic rings. The molecule has 2 fully saturated rings. The van der Waals surface area contributed by atoms with E-state index in [4.69, 9.17) is 0 Å². The zero-order valence-corrected chi connectivity index (χ0v) is 33.0. The minimum Gasteiger partial charge on any atom is -0.388 e. The summed E-state index contributed by atoms with van der Waals surface area (Å²) < 4.78 is 0. The molecule has 296 valence electrons. The molecule has 4 N–H and O–H groups in total. The molecule has 0 unspecified atom stereocenters. The molecule has 2 aliphatic carbocycles. The maximum atomic E-state index is 13.5. The highest BCUT2D eigenvalue weighted by molar-refractivity contribution is 6.33. The Bertz CT molecular complexity index is 2050. The minimum atomic E-state index is -0.116. The summed E-state index contributed by atoms with van der Waals surface area (Å²) in [6, 6.07) is 21.7. The van der Waals surface area contributed by atoms with E-state index in [9.17, 15) is 19.2 Å². The number of rotatable bonds is 16. The highest BCUT2D eigenvalue weighted by Gasteiger charge is 2.35. The molecule has 2 saturated heterocycles. The van der Waals surface area contributed by atoms with Crippen molar-refractivity contribution in [2.45, 2.75) is 19.3 Å². The maximum Gasteiger partial charge on any atom is 0.196 e. The van der Waals surface area contributed by atoms with E-state index in [1.165, 1.54) is 0 Å². The molecule has 8 rings (SSSR count). The Morgan fingerprint density at radius 3 is 1.05 bits per heavy atom. The van der Waals surface area contributed by atoms with Crippen molar-refractivity contribution in [1.29, 1.82) is 0 Å². The van der Waals surface area contributed by atoms with Crippen LogP contribution in [-0.2, 0) is 0 Å². The maximum absolute atomic E-state index is 13.5. The van der Waals surface area contributed by atoms with Gasteiger partial charge in [-0.3, -0.25) is 38.8 Å². The average Bonchev–Trinajstić information content (AvgIpc) is 3.91. The van der Waals surface area contributed by atoms with Crippen LogP contribution in [0, 0.1) is 0 Å². The molecule has 0 bridgehead atoms. The van der Waals surface area contributed by atoms with Crippen molar-refractivity contribution < 1.29 is 19.2 Å². The van der Waals surface area contributed by atoms with E-state index in [0.29, 0.717) is 80.3 Å². The first kappa shape index (κ1) is 38.5. The van der Waals surface area contributed by atoms with Crippen molar-refractivity contribution in [3.8, 4) is 0 Å². The fraction of sp³-hybridized carbons (Fsp3) is 0.378. The lowest BCUT2D eigenvalue weighted by Gasteiger charge is -2.24. The Balaban J connectivity index is 0.734. The molecule has 4 aromatic carbocycles. The van der Waals surface area contributed by atoms with E-state index in [2.05, 4.69) is 40.9 Å². The molecule has 0 aromatic heterocycles. The van der Waals surface area contributed by atoms with Crippen LogP contribution in [0.15, 0.2) is 72.8 Å². The predicted octanol–water partition coefficient (Wildman–Crippen LogP) is 5.17. The molecule has 0 spiro atoms. The molecular weight excluding hydrogens is 717 g/mol. The van der Waals surface area contributed by atoms with Gasteiger partial charge in [0.15, 0.2) is 23.1 Å². The largest absolute Gasteiger partial charge is 0.388 e. The Morgan fingerprint density at radius 1 is 0.421 bits per heavy atom. The number of carbonyl (C=O) groups excluding carboxylic acids is 4. The number of hydrogen-bond acceptors (Lipinski definition) is 12. The molecule has 12 heteroatoms. The number of ketones is 4. The van der Waals surface area contributed by atoms with Crippen LogP contribution in [0.4, 0.5) is 22.7 Å². The van der Waals surface area contributed by atoms with Gasteiger partial charge in [0, 0.05) is 125 Å². The van der Waals surface area contributed by atoms with Crippen molar-refractivity contribution in [2.24, 2.45) is 0 Å². The summed E-state index contributed by atoms with van der Waals surface area (Å²) in [4.78, 5) is 64.0. The van der Waals surface area contributed by atoms with Gasteiger partial charge in [-0.2, -0.15) is 0 Å². The summed E-state index contributed by atoms with van der Waals surface area (Å²) in [5.74, 6) is -0.451. The van der Waals surface area contributed by atoms with E-state index in [-0.39, 0.29) is 23.1 Å². The second kappa shape index (κ2) is 17.0. The standard InChI is InChI=1S/C45H52N8O4/c1-46-34-14-16-36(40-38(34)42(54)30-10-3-5-12-32(30)44(40)56)48-18-7-20-50-24-26-52(28-50)22-9-23-53-27-25-51(29-53)21-8-19-49-37-17-15-35(47-2)39-41(37)45(57)33-13-6-4-11-31(33)43(39)55/h3-6,10-17,46-49H,7-9,18-29H2,1-2H3. The summed E-state index contributed by atoms with van der Waals surface area (Å²) in [5, 5.41) is 13.1. The Hall–Kier alpha value is -5.40. The molecule has 0 saturated carbocycles. The molecule has 2 heterocycles. The number of benzene rings is 4. The molecule has 12 nitrogen and oxygen atoms in total. The molecular formula is C45H52N8O4. The second-order valence-electron chi connectivity index (χ2n) is 15.4. The molecule has 4 aliphatic rings. The molecule has 2 aliphatic heterocycles. The van der Waals surface area contributed by atoms with E-state index < -0.39 is 0 Å². The van der Waals surface area contributed by atoms with Crippen LogP contribution in [0.25, 0.3) is 0 Å². The van der Waals surface area contributed by atoms with Gasteiger partial charge in [0.2, 0.25) is 0 Å². The van der Waals surface area contributed by atoms with Crippen molar-refractivity contribution in [2.75, 3.05) is 114 Å². The van der Waals surface area contributed by atoms with Crippen LogP contribution in [0.2, 0.25) is 0 Å². The number of carbonyl (C=O) groups is 4. The van der Waals surface area contributed by atoms with Gasteiger partial charge in [-0.05, 0) is 43.5 Å². The molecule has 0 radical (unpaired) electrons. The van der Waals surface area contributed by atoms with Crippen molar-refractivity contribution in [3.05, 3.63) is 117 Å². The Morgan fingerprint density at radius 2 is 0.719 bits per heavy atom. The van der Waals surface area contributed by atoms with Crippen LogP contribution in [-0.4, -0.2) is 136 Å². The van der Waals surface area contributed by atoms with Crippen molar-refractivity contribution >= 4 is 45.9 Å². The van der Waals surface area contributed by atoms with Crippen LogP contribution >= 0.6 is 0 Å². The van der Waals surface area contributed by atoms with Gasteiger partial charge in [-0.1, -0.05) is 48.5 Å². The summed E-state index contributed by atoms with van der Waals surface area (Å²) in [5.41, 5.74) is 6.46. The van der Waals surface area contributed by atoms with E-state index in [1.54, 1.807) is 62.6 Å². The molecule has 0 atom stereocenters. The van der Waals surface area contributed by atoms with Gasteiger partial charge in [0.05, 0.1) is 35.6 Å². The number of fused-ring (bicyclic) bond motifs is 4. The monoisotopic (exact) mass is 768 g/mol. The van der Waals surface area contributed by atoms with Gasteiger partial charge >= 0.3 is 0 Å². The predicted molar refractivity (Wildman–Crippen MR) is 225 cm³/mol. The summed E-state index contributed by atoms with van der Waals surface area (Å²) in [7, 11) is 3.55. The van der Waals surface area contributed by atoms with Crippen LogP contribution in [0.1, 0.15) is 82.9 Å². The highest BCUT2D eigenvalue weighted by Crippen LogP contribution is 2.38. The van der Waals surface area contributed by atoms with Gasteiger partial charge in [0.1, 0.15) is 0 Å². The quantitative estimate of drug-likeness (QED) is 0.0971. The number of anilines is 4. The Labute approximate surface area is 334 Å². The molecule has 0 amide bonds. The SMILES string of the molecule is CNc1ccc(NCCCN2CCN(CCCN3CCN(CCCNc4ccc(NC)c5c4C(=O)c4ccccc4C5=O)C3)C2)c2c1C(=O)c1ccccc1C2=O. The fourth-order valence-electron chi connectivity index (χ4n) is 8.87. The smallest absolute Gasteiger partial charge is 0.196 e. The topological polar surface area (TPSA) is 129 Å². The number of nitrogens with one attached hydrogen (secondary N) is 4. The second-order valence-corrected chi connectivity index (χ2v) is 15.4. The summed E-state index contributed by atoms with van der Waals surface area (Å²) in [6.07, 6.45) is 3.01. The zero-order valence-electron chi connectivity index (χ0n) is 33.0. The first-order valence-corrected chi connectivity index (χ1v) is 20.3. The lowest BCUT2D eigenvalue weighted by atomic mass is 9.82. The third-order valence-corrected chi connectivity index (χ3v) is 11.8. The number of hydrogen-bond donors (Lipinski definition) is 4. The van der Waals surface area contributed by atoms with Crippen LogP contribution < -0.4 is 21.3 Å². The summed E-state index contributed by atoms with van der Waals surface area (Å²) >= 11 is 0. The van der Waals surface area contributed by atoms with Crippen LogP contribution in [0.5, 0.6) is 0 Å². The zero-order chi connectivity index (χ0) is 39.5. The molecule has 57 heavy (non-hydrogen) atoms. The van der Waals surface area contributed by atoms with E-state index in [0.717, 1.165) is 85.0 Å². The average molecular weight is 769 g/mol. The third-order valence-electron chi connectivity index (χ3n) is 11.8. The highest BCUT2D eigenvalue weighted by atomic mass is 16.1. The fourth-order valence-corrected chi connectivity index (χ4v) is 8.87. The van der Waals surface area contributed by atoms with Gasteiger partial charge in [-0.15, -0.1) is 0 Å². The Kier molecular flexibility index (Phi) is 11.5. The number of nitrogens with zero attached hydrogens (tertiary/aromatic N) is 4. The van der Waals surface area contributed by atoms with Gasteiger partial charge < -0.3 is 21.3 Å². The normalized spacial score (nSPS) is 17.0. The van der Waals surface area contributed by atoms with Crippen molar-refractivity contribution in [3.63, 3.8) is 0 Å². The van der Waals surface area contributed by atoms with Gasteiger partial charge in [-0.25, -0.2) is 0 Å².